The lowest BCUT2D eigenvalue weighted by molar-refractivity contribution is -0.119. The first kappa shape index (κ1) is 31.7. The molecule has 192 valence electrons. The van der Waals surface area contributed by atoms with Crippen LogP contribution in [0.2, 0.25) is 0 Å². The predicted molar refractivity (Wildman–Crippen MR) is 146 cm³/mol. The van der Waals surface area contributed by atoms with Crippen molar-refractivity contribution in [1.82, 2.24) is 0 Å². The van der Waals surface area contributed by atoms with Crippen molar-refractivity contribution in [3.8, 4) is 0 Å². The highest BCUT2D eigenvalue weighted by atomic mass is 16.1. The first-order chi connectivity index (χ1) is 15.8. The van der Waals surface area contributed by atoms with Gasteiger partial charge in [0.2, 0.25) is 0 Å². The Morgan fingerprint density at radius 2 is 0.500 bits per heavy atom. The Labute approximate surface area is 204 Å². The molecular weight excluding hydrogens is 388 g/mol. The van der Waals surface area contributed by atoms with Crippen LogP contribution in [0.5, 0.6) is 0 Å². The minimum Gasteiger partial charge on any atom is -0.300 e. The molecule has 0 heterocycles. The maximum absolute atomic E-state index is 11.9. The quantitative estimate of drug-likeness (QED) is 0.108. The maximum Gasteiger partial charge on any atom is 0.132 e. The first-order valence-electron chi connectivity index (χ1n) is 15.3. The molecule has 0 amide bonds. The molecule has 0 aliphatic carbocycles. The highest BCUT2D eigenvalue weighted by molar-refractivity contribution is 5.78. The molecule has 0 N–H and O–H groups in total. The monoisotopic (exact) mass is 450 g/mol. The summed E-state index contributed by atoms with van der Waals surface area (Å²) in [5.74, 6) is 0.513. The Hall–Kier alpha value is -0.330. The van der Waals surface area contributed by atoms with Gasteiger partial charge < -0.3 is 0 Å². The molecule has 0 unspecified atom stereocenters. The number of Topliss-reactive ketones (excluding diaryl/α,β-unsaturated/α-hetero) is 1. The summed E-state index contributed by atoms with van der Waals surface area (Å²) in [6.45, 7) is 4.54. The van der Waals surface area contributed by atoms with Crippen molar-refractivity contribution in [2.45, 2.75) is 194 Å². The van der Waals surface area contributed by atoms with Gasteiger partial charge in [-0.1, -0.05) is 168 Å². The van der Waals surface area contributed by atoms with Gasteiger partial charge in [-0.2, -0.15) is 0 Å². The standard InChI is InChI=1S/C31H62O/c1-3-5-7-9-10-11-12-13-14-15-16-17-18-19-20-21-22-23-24-26-28-30-31(32)29-27-25-8-6-4-2/h3-30H2,1-2H3. The van der Waals surface area contributed by atoms with Crippen LogP contribution in [0.4, 0.5) is 0 Å². The number of carbonyl (C=O) groups excluding carboxylic acids is 1. The maximum atomic E-state index is 11.9. The molecule has 0 fully saturated rings. The van der Waals surface area contributed by atoms with Crippen LogP contribution in [0.25, 0.3) is 0 Å². The van der Waals surface area contributed by atoms with E-state index < -0.39 is 0 Å². The second-order valence-corrected chi connectivity index (χ2v) is 10.5. The zero-order valence-electron chi connectivity index (χ0n) is 22.7. The summed E-state index contributed by atoms with van der Waals surface area (Å²) in [6.07, 6.45) is 37.7. The number of unbranched alkanes of at least 4 members (excludes halogenated alkanes) is 24. The molecule has 0 atom stereocenters. The van der Waals surface area contributed by atoms with E-state index in [1.807, 2.05) is 0 Å². The molecule has 0 bridgehead atoms. The van der Waals surface area contributed by atoms with Crippen molar-refractivity contribution in [2.75, 3.05) is 0 Å². The molecule has 0 radical (unpaired) electrons. The Morgan fingerprint density at radius 1 is 0.312 bits per heavy atom. The Morgan fingerprint density at radius 3 is 0.719 bits per heavy atom. The average Bonchev–Trinajstić information content (AvgIpc) is 2.80. The van der Waals surface area contributed by atoms with E-state index >= 15 is 0 Å². The summed E-state index contributed by atoms with van der Waals surface area (Å²) in [4.78, 5) is 11.9. The molecule has 0 aliphatic heterocycles. The summed E-state index contributed by atoms with van der Waals surface area (Å²) in [5, 5.41) is 0. The van der Waals surface area contributed by atoms with Crippen LogP contribution < -0.4 is 0 Å². The highest BCUT2D eigenvalue weighted by Crippen LogP contribution is 2.15. The van der Waals surface area contributed by atoms with Gasteiger partial charge in [-0.15, -0.1) is 0 Å². The first-order valence-corrected chi connectivity index (χ1v) is 15.3. The SMILES string of the molecule is CCCCCCCCCCCCCCCCCCCCCCCC(=O)CCCCCCC. The van der Waals surface area contributed by atoms with E-state index in [-0.39, 0.29) is 0 Å². The zero-order valence-corrected chi connectivity index (χ0v) is 22.7. The fraction of sp³-hybridized carbons (Fsp3) is 0.968. The smallest absolute Gasteiger partial charge is 0.132 e. The second kappa shape index (κ2) is 28.7. The molecule has 0 aliphatic rings. The fourth-order valence-electron chi connectivity index (χ4n) is 4.80. The van der Waals surface area contributed by atoms with Crippen LogP contribution in [-0.4, -0.2) is 5.78 Å². The van der Waals surface area contributed by atoms with E-state index in [2.05, 4.69) is 13.8 Å². The van der Waals surface area contributed by atoms with Gasteiger partial charge in [-0.25, -0.2) is 0 Å². The lowest BCUT2D eigenvalue weighted by Crippen LogP contribution is -1.97. The topological polar surface area (TPSA) is 17.1 Å². The summed E-state index contributed by atoms with van der Waals surface area (Å²) >= 11 is 0. The normalized spacial score (nSPS) is 11.3. The third-order valence-electron chi connectivity index (χ3n) is 7.12. The summed E-state index contributed by atoms with van der Waals surface area (Å²) in [6, 6.07) is 0. The Balaban J connectivity index is 3.08. The molecule has 0 saturated heterocycles. The Bertz CT molecular complexity index is 348. The molecule has 0 aromatic carbocycles. The van der Waals surface area contributed by atoms with Crippen molar-refractivity contribution in [3.63, 3.8) is 0 Å². The van der Waals surface area contributed by atoms with Gasteiger partial charge in [-0.3, -0.25) is 4.79 Å². The second-order valence-electron chi connectivity index (χ2n) is 10.5. The largest absolute Gasteiger partial charge is 0.300 e. The van der Waals surface area contributed by atoms with Gasteiger partial charge in [0.15, 0.2) is 0 Å². The fourth-order valence-corrected chi connectivity index (χ4v) is 4.80. The Kier molecular flexibility index (Phi) is 28.4. The van der Waals surface area contributed by atoms with E-state index in [1.165, 1.54) is 154 Å². The summed E-state index contributed by atoms with van der Waals surface area (Å²) in [7, 11) is 0. The number of hydrogen-bond donors (Lipinski definition) is 0. The molecule has 0 spiro atoms. The number of ketones is 1. The molecule has 0 rings (SSSR count). The molecule has 0 saturated carbocycles. The number of rotatable bonds is 28. The lowest BCUT2D eigenvalue weighted by Gasteiger charge is -2.04. The van der Waals surface area contributed by atoms with Gasteiger partial charge in [0.05, 0.1) is 0 Å². The van der Waals surface area contributed by atoms with Gasteiger partial charge in [-0.05, 0) is 12.8 Å². The molecule has 32 heavy (non-hydrogen) atoms. The molecular formula is C31H62O. The van der Waals surface area contributed by atoms with Crippen molar-refractivity contribution in [1.29, 1.82) is 0 Å². The van der Waals surface area contributed by atoms with Crippen molar-refractivity contribution in [3.05, 3.63) is 0 Å². The van der Waals surface area contributed by atoms with Crippen molar-refractivity contribution in [2.24, 2.45) is 0 Å². The highest BCUT2D eigenvalue weighted by Gasteiger charge is 2.02. The van der Waals surface area contributed by atoms with E-state index in [9.17, 15) is 4.79 Å². The van der Waals surface area contributed by atoms with Gasteiger partial charge >= 0.3 is 0 Å². The summed E-state index contributed by atoms with van der Waals surface area (Å²) in [5.41, 5.74) is 0. The van der Waals surface area contributed by atoms with Crippen LogP contribution >= 0.6 is 0 Å². The van der Waals surface area contributed by atoms with E-state index in [0.29, 0.717) is 5.78 Å². The van der Waals surface area contributed by atoms with E-state index in [0.717, 1.165) is 25.7 Å². The van der Waals surface area contributed by atoms with E-state index in [4.69, 9.17) is 0 Å². The number of carbonyl (C=O) groups is 1. The molecule has 1 heteroatoms. The molecule has 0 aromatic heterocycles. The average molecular weight is 451 g/mol. The summed E-state index contributed by atoms with van der Waals surface area (Å²) < 4.78 is 0. The van der Waals surface area contributed by atoms with Crippen LogP contribution in [0, 0.1) is 0 Å². The third kappa shape index (κ3) is 27.7. The van der Waals surface area contributed by atoms with Gasteiger partial charge in [0.25, 0.3) is 0 Å². The minimum atomic E-state index is 0.513. The third-order valence-corrected chi connectivity index (χ3v) is 7.12. The minimum absolute atomic E-state index is 0.513. The predicted octanol–water partition coefficient (Wildman–Crippen LogP) is 11.5. The van der Waals surface area contributed by atoms with Crippen LogP contribution in [0.15, 0.2) is 0 Å². The van der Waals surface area contributed by atoms with E-state index in [1.54, 1.807) is 0 Å². The van der Waals surface area contributed by atoms with Crippen LogP contribution in [0.1, 0.15) is 194 Å². The molecule has 1 nitrogen and oxygen atoms in total. The van der Waals surface area contributed by atoms with Gasteiger partial charge in [0, 0.05) is 12.8 Å². The lowest BCUT2D eigenvalue weighted by atomic mass is 10.0. The number of hydrogen-bond acceptors (Lipinski definition) is 1. The zero-order chi connectivity index (χ0) is 23.4. The van der Waals surface area contributed by atoms with Gasteiger partial charge in [0.1, 0.15) is 5.78 Å². The molecule has 0 aromatic rings. The van der Waals surface area contributed by atoms with Crippen molar-refractivity contribution >= 4 is 5.78 Å². The van der Waals surface area contributed by atoms with Crippen LogP contribution in [-0.2, 0) is 4.79 Å². The van der Waals surface area contributed by atoms with Crippen LogP contribution in [0.3, 0.4) is 0 Å². The van der Waals surface area contributed by atoms with Crippen molar-refractivity contribution < 1.29 is 4.79 Å².